The number of nitrogens with two attached hydrogens (primary N) is 1. The molecule has 1 aromatic rings. The maximum atomic E-state index is 12.0. The number of benzene rings is 1. The van der Waals surface area contributed by atoms with Gasteiger partial charge in [-0.3, -0.25) is 0 Å². The minimum Gasteiger partial charge on any atom is -0.326 e. The van der Waals surface area contributed by atoms with E-state index in [1.54, 1.807) is 4.90 Å². The van der Waals surface area contributed by atoms with Gasteiger partial charge in [-0.1, -0.05) is 26.0 Å². The molecule has 0 spiro atoms. The minimum atomic E-state index is -0.0922. The molecule has 3 N–H and O–H groups in total. The van der Waals surface area contributed by atoms with Crippen molar-refractivity contribution in [3.05, 3.63) is 29.8 Å². The van der Waals surface area contributed by atoms with Crippen molar-refractivity contribution in [1.82, 2.24) is 4.90 Å². The summed E-state index contributed by atoms with van der Waals surface area (Å²) in [4.78, 5) is 13.8. The van der Waals surface area contributed by atoms with Crippen molar-refractivity contribution in [2.75, 3.05) is 12.4 Å². The number of urea groups is 1. The van der Waals surface area contributed by atoms with Gasteiger partial charge in [0.2, 0.25) is 0 Å². The third-order valence-corrected chi connectivity index (χ3v) is 3.31. The van der Waals surface area contributed by atoms with Gasteiger partial charge in [0.15, 0.2) is 0 Å². The lowest BCUT2D eigenvalue weighted by Gasteiger charge is -2.28. The van der Waals surface area contributed by atoms with Crippen LogP contribution in [0.4, 0.5) is 10.5 Å². The van der Waals surface area contributed by atoms with Gasteiger partial charge in [0.05, 0.1) is 0 Å². The van der Waals surface area contributed by atoms with Gasteiger partial charge in [-0.05, 0) is 30.5 Å². The van der Waals surface area contributed by atoms with Crippen molar-refractivity contribution in [1.29, 1.82) is 0 Å². The molecule has 0 heterocycles. The molecule has 100 valence electrons. The molecular weight excluding hydrogens is 226 g/mol. The van der Waals surface area contributed by atoms with Crippen LogP contribution in [0, 0.1) is 5.92 Å². The van der Waals surface area contributed by atoms with Crippen LogP contribution in [0.15, 0.2) is 24.3 Å². The summed E-state index contributed by atoms with van der Waals surface area (Å²) in [7, 11) is 1.81. The lowest BCUT2D eigenvalue weighted by atomic mass is 10.1. The van der Waals surface area contributed by atoms with E-state index in [-0.39, 0.29) is 12.1 Å². The molecule has 0 aliphatic carbocycles. The van der Waals surface area contributed by atoms with Crippen LogP contribution in [0.2, 0.25) is 0 Å². The Morgan fingerprint density at radius 3 is 2.61 bits per heavy atom. The second kappa shape index (κ2) is 6.40. The lowest BCUT2D eigenvalue weighted by molar-refractivity contribution is 0.193. The fourth-order valence-electron chi connectivity index (χ4n) is 1.62. The van der Waals surface area contributed by atoms with E-state index in [4.69, 9.17) is 5.73 Å². The monoisotopic (exact) mass is 249 g/mol. The van der Waals surface area contributed by atoms with Gasteiger partial charge >= 0.3 is 6.03 Å². The van der Waals surface area contributed by atoms with Gasteiger partial charge in [-0.2, -0.15) is 0 Å². The highest BCUT2D eigenvalue weighted by Gasteiger charge is 2.18. The van der Waals surface area contributed by atoms with Crippen molar-refractivity contribution in [3.63, 3.8) is 0 Å². The van der Waals surface area contributed by atoms with E-state index in [1.807, 2.05) is 38.2 Å². The van der Waals surface area contributed by atoms with E-state index < -0.39 is 0 Å². The van der Waals surface area contributed by atoms with Gasteiger partial charge in [0.25, 0.3) is 0 Å². The molecule has 0 aliphatic rings. The first-order valence-corrected chi connectivity index (χ1v) is 6.28. The van der Waals surface area contributed by atoms with Crippen molar-refractivity contribution in [2.24, 2.45) is 11.7 Å². The van der Waals surface area contributed by atoms with Crippen LogP contribution in [-0.2, 0) is 6.54 Å². The molecular formula is C14H23N3O. The number of amides is 2. The van der Waals surface area contributed by atoms with Crippen LogP contribution in [0.3, 0.4) is 0 Å². The molecule has 4 nitrogen and oxygen atoms in total. The number of hydrogen-bond acceptors (Lipinski definition) is 2. The second-order valence-electron chi connectivity index (χ2n) is 4.93. The first kappa shape index (κ1) is 14.5. The second-order valence-corrected chi connectivity index (χ2v) is 4.93. The average Bonchev–Trinajstić information content (AvgIpc) is 2.36. The molecule has 1 aromatic carbocycles. The zero-order valence-electron chi connectivity index (χ0n) is 11.6. The Hall–Kier alpha value is -1.55. The third-order valence-electron chi connectivity index (χ3n) is 3.31. The maximum Gasteiger partial charge on any atom is 0.321 e. The highest BCUT2D eigenvalue weighted by Crippen LogP contribution is 2.13. The molecule has 18 heavy (non-hydrogen) atoms. The largest absolute Gasteiger partial charge is 0.326 e. The van der Waals surface area contributed by atoms with Gasteiger partial charge in [-0.15, -0.1) is 0 Å². The van der Waals surface area contributed by atoms with E-state index in [0.29, 0.717) is 12.5 Å². The van der Waals surface area contributed by atoms with E-state index in [9.17, 15) is 4.79 Å². The molecule has 0 aromatic heterocycles. The summed E-state index contributed by atoms with van der Waals surface area (Å²) in [5.41, 5.74) is 7.36. The number of rotatable bonds is 4. The topological polar surface area (TPSA) is 58.4 Å². The van der Waals surface area contributed by atoms with Crippen molar-refractivity contribution in [2.45, 2.75) is 33.4 Å². The Balaban J connectivity index is 2.69. The number of nitrogens with one attached hydrogen (secondary N) is 1. The smallest absolute Gasteiger partial charge is 0.321 e. The SMILES string of the molecule is CC(C)C(C)N(C)C(=O)Nc1cccc(CN)c1. The van der Waals surface area contributed by atoms with Gasteiger partial charge in [-0.25, -0.2) is 4.79 Å². The molecule has 0 saturated heterocycles. The van der Waals surface area contributed by atoms with E-state index in [2.05, 4.69) is 19.2 Å². The zero-order chi connectivity index (χ0) is 13.7. The molecule has 1 unspecified atom stereocenters. The number of anilines is 1. The molecule has 0 bridgehead atoms. The van der Waals surface area contributed by atoms with Crippen LogP contribution in [0.25, 0.3) is 0 Å². The molecule has 1 rings (SSSR count). The standard InChI is InChI=1S/C14H23N3O/c1-10(2)11(3)17(4)14(18)16-13-7-5-6-12(8-13)9-15/h5-8,10-11H,9,15H2,1-4H3,(H,16,18). The van der Waals surface area contributed by atoms with Crippen LogP contribution in [0.1, 0.15) is 26.3 Å². The summed E-state index contributed by atoms with van der Waals surface area (Å²) < 4.78 is 0. The third kappa shape index (κ3) is 3.74. The minimum absolute atomic E-state index is 0.0922. The number of nitrogens with zero attached hydrogens (tertiary/aromatic N) is 1. The van der Waals surface area contributed by atoms with Crippen LogP contribution < -0.4 is 11.1 Å². The summed E-state index contributed by atoms with van der Waals surface area (Å²) in [5.74, 6) is 0.427. The van der Waals surface area contributed by atoms with E-state index >= 15 is 0 Å². The van der Waals surface area contributed by atoms with Gasteiger partial charge in [0.1, 0.15) is 0 Å². The number of carbonyl (C=O) groups excluding carboxylic acids is 1. The lowest BCUT2D eigenvalue weighted by Crippen LogP contribution is -2.40. The molecule has 0 aliphatic heterocycles. The summed E-state index contributed by atoms with van der Waals surface area (Å²) in [6, 6.07) is 7.70. The Labute approximate surface area is 109 Å². The predicted molar refractivity (Wildman–Crippen MR) is 75.4 cm³/mol. The highest BCUT2D eigenvalue weighted by molar-refractivity contribution is 5.89. The van der Waals surface area contributed by atoms with Crippen LogP contribution >= 0.6 is 0 Å². The molecule has 0 saturated carbocycles. The maximum absolute atomic E-state index is 12.0. The average molecular weight is 249 g/mol. The zero-order valence-corrected chi connectivity index (χ0v) is 11.6. The van der Waals surface area contributed by atoms with Gasteiger partial charge < -0.3 is 16.0 Å². The fourth-order valence-corrected chi connectivity index (χ4v) is 1.62. The summed E-state index contributed by atoms with van der Waals surface area (Å²) in [5, 5.41) is 2.88. The fraction of sp³-hybridized carbons (Fsp3) is 0.500. The number of carbonyl (C=O) groups is 1. The van der Waals surface area contributed by atoms with Crippen molar-refractivity contribution in [3.8, 4) is 0 Å². The Morgan fingerprint density at radius 2 is 2.06 bits per heavy atom. The van der Waals surface area contributed by atoms with Crippen LogP contribution in [-0.4, -0.2) is 24.0 Å². The first-order chi connectivity index (χ1) is 8.45. The van der Waals surface area contributed by atoms with Crippen LogP contribution in [0.5, 0.6) is 0 Å². The van der Waals surface area contributed by atoms with Gasteiger partial charge in [0, 0.05) is 25.3 Å². The quantitative estimate of drug-likeness (QED) is 0.862. The number of hydrogen-bond donors (Lipinski definition) is 2. The van der Waals surface area contributed by atoms with E-state index in [1.165, 1.54) is 0 Å². The van der Waals surface area contributed by atoms with Crippen molar-refractivity contribution >= 4 is 11.7 Å². The predicted octanol–water partition coefficient (Wildman–Crippen LogP) is 2.65. The molecule has 4 heteroatoms. The Morgan fingerprint density at radius 1 is 1.39 bits per heavy atom. The summed E-state index contributed by atoms with van der Waals surface area (Å²) in [6.07, 6.45) is 0. The highest BCUT2D eigenvalue weighted by atomic mass is 16.2. The Kier molecular flexibility index (Phi) is 5.16. The first-order valence-electron chi connectivity index (χ1n) is 6.28. The summed E-state index contributed by atoms with van der Waals surface area (Å²) >= 11 is 0. The Bertz CT molecular complexity index is 404. The summed E-state index contributed by atoms with van der Waals surface area (Å²) in [6.45, 7) is 6.72. The normalized spacial score (nSPS) is 12.3. The van der Waals surface area contributed by atoms with Crippen molar-refractivity contribution < 1.29 is 4.79 Å². The molecule has 1 atom stereocenters. The molecule has 2 amide bonds. The molecule has 0 radical (unpaired) electrons. The molecule has 0 fully saturated rings. The van der Waals surface area contributed by atoms with E-state index in [0.717, 1.165) is 11.3 Å².